The first-order valence-electron chi connectivity index (χ1n) is 11.0. The molecule has 1 saturated heterocycles. The van der Waals surface area contributed by atoms with Crippen LogP contribution in [0, 0.1) is 6.92 Å². The minimum absolute atomic E-state index is 0.0597. The van der Waals surface area contributed by atoms with Gasteiger partial charge in [-0.25, -0.2) is 19.7 Å². The monoisotopic (exact) mass is 503 g/mol. The van der Waals surface area contributed by atoms with Crippen molar-refractivity contribution in [3.63, 3.8) is 0 Å². The number of anilines is 1. The van der Waals surface area contributed by atoms with Gasteiger partial charge in [0.05, 0.1) is 0 Å². The maximum absolute atomic E-state index is 13.8. The number of halogens is 3. The number of piperidine rings is 1. The van der Waals surface area contributed by atoms with Crippen LogP contribution in [0.15, 0.2) is 22.9 Å². The molecule has 36 heavy (non-hydrogen) atoms. The molecule has 1 amide bonds. The van der Waals surface area contributed by atoms with Crippen LogP contribution in [0.4, 0.5) is 23.9 Å². The van der Waals surface area contributed by atoms with Crippen molar-refractivity contribution >= 4 is 23.1 Å². The van der Waals surface area contributed by atoms with E-state index in [0.29, 0.717) is 36.0 Å². The van der Waals surface area contributed by atoms with Gasteiger partial charge in [0, 0.05) is 37.1 Å². The van der Waals surface area contributed by atoms with Gasteiger partial charge in [-0.05, 0) is 31.9 Å². The van der Waals surface area contributed by atoms with Crippen LogP contribution in [0.1, 0.15) is 31.2 Å². The van der Waals surface area contributed by atoms with E-state index in [2.05, 4.69) is 40.6 Å². The summed E-state index contributed by atoms with van der Waals surface area (Å²) < 4.78 is 46.5. The number of hydrogen-bond acceptors (Lipinski definition) is 9. The average molecular weight is 503 g/mol. The van der Waals surface area contributed by atoms with Crippen LogP contribution in [0.3, 0.4) is 0 Å². The van der Waals surface area contributed by atoms with Crippen LogP contribution >= 0.6 is 0 Å². The molecule has 0 spiro atoms. The Hall–Kier alpha value is -4.30. The molecular weight excluding hydrogens is 483 g/mol. The summed E-state index contributed by atoms with van der Waals surface area (Å²) in [5.41, 5.74) is -0.996. The molecule has 15 heteroatoms. The van der Waals surface area contributed by atoms with Gasteiger partial charge in [-0.15, -0.1) is 0 Å². The number of aromatic nitrogens is 7. The number of fused-ring (bicyclic) bond motifs is 1. The Kier molecular flexibility index (Phi) is 5.68. The lowest BCUT2D eigenvalue weighted by Gasteiger charge is -2.36. The highest BCUT2D eigenvalue weighted by atomic mass is 19.4. The number of alkyl halides is 3. The van der Waals surface area contributed by atoms with Gasteiger partial charge in [-0.2, -0.15) is 23.3 Å². The van der Waals surface area contributed by atoms with E-state index in [9.17, 15) is 23.1 Å². The Morgan fingerprint density at radius 2 is 2.03 bits per heavy atom. The van der Waals surface area contributed by atoms with Crippen LogP contribution in [0.2, 0.25) is 0 Å². The maximum atomic E-state index is 13.8. The Morgan fingerprint density at radius 1 is 1.22 bits per heavy atom. The lowest BCUT2D eigenvalue weighted by Crippen LogP contribution is -2.49. The van der Waals surface area contributed by atoms with Crippen molar-refractivity contribution in [1.82, 2.24) is 40.2 Å². The maximum Gasteiger partial charge on any atom is 0.420 e. The van der Waals surface area contributed by atoms with E-state index in [0.717, 1.165) is 0 Å². The lowest BCUT2D eigenvalue weighted by atomic mass is 10.00. The van der Waals surface area contributed by atoms with Crippen molar-refractivity contribution in [2.75, 3.05) is 11.9 Å². The number of H-pyrrole nitrogens is 1. The Labute approximate surface area is 201 Å². The Morgan fingerprint density at radius 3 is 2.72 bits per heavy atom. The van der Waals surface area contributed by atoms with E-state index in [-0.39, 0.29) is 41.7 Å². The minimum atomic E-state index is -4.74. The van der Waals surface area contributed by atoms with Gasteiger partial charge in [0.1, 0.15) is 22.6 Å². The zero-order valence-corrected chi connectivity index (χ0v) is 19.0. The number of aryl methyl sites for hydroxylation is 1. The van der Waals surface area contributed by atoms with Gasteiger partial charge < -0.3 is 19.8 Å². The summed E-state index contributed by atoms with van der Waals surface area (Å²) >= 11 is 0. The third-order valence-electron chi connectivity index (χ3n) is 5.96. The largest absolute Gasteiger partial charge is 0.465 e. The van der Waals surface area contributed by atoms with E-state index in [4.69, 9.17) is 4.52 Å². The second kappa shape index (κ2) is 8.73. The number of carboxylic acid groups (broad SMARTS) is 1. The summed E-state index contributed by atoms with van der Waals surface area (Å²) in [4.78, 5) is 29.2. The van der Waals surface area contributed by atoms with E-state index in [1.807, 2.05) is 0 Å². The second-order valence-corrected chi connectivity index (χ2v) is 8.46. The summed E-state index contributed by atoms with van der Waals surface area (Å²) in [6.07, 6.45) is -3.91. The molecule has 0 radical (unpaired) electrons. The molecule has 2 atom stereocenters. The van der Waals surface area contributed by atoms with Gasteiger partial charge >= 0.3 is 12.3 Å². The highest BCUT2D eigenvalue weighted by Crippen LogP contribution is 2.38. The number of pyridine rings is 1. The van der Waals surface area contributed by atoms with E-state index >= 15 is 0 Å². The summed E-state index contributed by atoms with van der Waals surface area (Å²) in [7, 11) is 0. The van der Waals surface area contributed by atoms with Crippen molar-refractivity contribution in [2.24, 2.45) is 0 Å². The third kappa shape index (κ3) is 4.38. The molecule has 1 fully saturated rings. The highest BCUT2D eigenvalue weighted by molar-refractivity contribution is 5.91. The van der Waals surface area contributed by atoms with Crippen molar-refractivity contribution < 1.29 is 27.6 Å². The molecule has 188 valence electrons. The standard InChI is InChI=1S/C21H20F3N9O3/c1-9-3-4-11(8-33(9)20(34)35)27-19-25-7-13(21(22,23)24)16(29-19)15-12-5-6-14(28-17(12)31-30-15)18-26-10(2)36-32-18/h5-7,9,11H,3-4,8H2,1-2H3,(H,34,35)(H,25,27,29)(H,28,30,31)/t9-,11-/m0/s1. The summed E-state index contributed by atoms with van der Waals surface area (Å²) in [5, 5.41) is 23.2. The number of likely N-dealkylation sites (tertiary alicyclic amines) is 1. The molecule has 4 aromatic rings. The quantitative estimate of drug-likeness (QED) is 0.374. The number of hydrogen-bond donors (Lipinski definition) is 3. The molecule has 5 rings (SSSR count). The van der Waals surface area contributed by atoms with Gasteiger partial charge in [0.2, 0.25) is 17.7 Å². The molecule has 1 aliphatic rings. The van der Waals surface area contributed by atoms with Crippen molar-refractivity contribution in [1.29, 1.82) is 0 Å². The van der Waals surface area contributed by atoms with Crippen LogP contribution < -0.4 is 5.32 Å². The number of aromatic amines is 1. The Bertz CT molecular complexity index is 1440. The smallest absolute Gasteiger partial charge is 0.420 e. The third-order valence-corrected chi connectivity index (χ3v) is 5.96. The van der Waals surface area contributed by atoms with Crippen LogP contribution in [-0.4, -0.2) is 70.0 Å². The number of nitrogens with one attached hydrogen (secondary N) is 2. The van der Waals surface area contributed by atoms with E-state index in [1.165, 1.54) is 4.90 Å². The van der Waals surface area contributed by atoms with Crippen LogP contribution in [-0.2, 0) is 6.18 Å². The molecule has 0 aliphatic carbocycles. The summed E-state index contributed by atoms with van der Waals surface area (Å²) in [5.74, 6) is 0.505. The topological polar surface area (TPSA) is 159 Å². The lowest BCUT2D eigenvalue weighted by molar-refractivity contribution is -0.137. The van der Waals surface area contributed by atoms with Crippen molar-refractivity contribution in [3.05, 3.63) is 29.8 Å². The predicted octanol–water partition coefficient (Wildman–Crippen LogP) is 3.73. The fourth-order valence-electron chi connectivity index (χ4n) is 4.13. The van der Waals surface area contributed by atoms with Crippen LogP contribution in [0.25, 0.3) is 33.9 Å². The molecule has 12 nitrogen and oxygen atoms in total. The number of amides is 1. The molecular formula is C21H20F3N9O3. The second-order valence-electron chi connectivity index (χ2n) is 8.46. The van der Waals surface area contributed by atoms with Gasteiger partial charge in [-0.3, -0.25) is 5.10 Å². The van der Waals surface area contributed by atoms with E-state index < -0.39 is 23.5 Å². The average Bonchev–Trinajstić information content (AvgIpc) is 3.45. The first-order chi connectivity index (χ1) is 17.1. The van der Waals surface area contributed by atoms with Gasteiger partial charge in [0.25, 0.3) is 0 Å². The SMILES string of the molecule is Cc1nc(-c2ccc3c(-c4nc(N[C@H]5CC[C@H](C)N(C(=O)O)C5)ncc4C(F)(F)F)n[nH]c3n2)no1. The van der Waals surface area contributed by atoms with Crippen molar-refractivity contribution in [3.8, 4) is 22.9 Å². The molecule has 4 aromatic heterocycles. The first kappa shape index (κ1) is 23.4. The zero-order chi connectivity index (χ0) is 25.6. The van der Waals surface area contributed by atoms with Gasteiger partial charge in [-0.1, -0.05) is 5.16 Å². The van der Waals surface area contributed by atoms with Gasteiger partial charge in [0.15, 0.2) is 5.65 Å². The summed E-state index contributed by atoms with van der Waals surface area (Å²) in [6, 6.07) is 2.57. The molecule has 0 aromatic carbocycles. The van der Waals surface area contributed by atoms with Crippen molar-refractivity contribution in [2.45, 2.75) is 44.9 Å². The van der Waals surface area contributed by atoms with Crippen LogP contribution in [0.5, 0.6) is 0 Å². The predicted molar refractivity (Wildman–Crippen MR) is 119 cm³/mol. The van der Waals surface area contributed by atoms with E-state index in [1.54, 1.807) is 26.0 Å². The molecule has 0 saturated carbocycles. The first-order valence-corrected chi connectivity index (χ1v) is 11.0. The Balaban J connectivity index is 1.51. The normalized spacial score (nSPS) is 18.5. The number of rotatable bonds is 4. The highest BCUT2D eigenvalue weighted by Gasteiger charge is 2.37. The molecule has 3 N–H and O–H groups in total. The fourth-order valence-corrected chi connectivity index (χ4v) is 4.13. The molecule has 5 heterocycles. The zero-order valence-electron chi connectivity index (χ0n) is 19.0. The minimum Gasteiger partial charge on any atom is -0.465 e. The fraction of sp³-hybridized carbons (Fsp3) is 0.381. The number of nitrogens with zero attached hydrogens (tertiary/aromatic N) is 7. The summed E-state index contributed by atoms with van der Waals surface area (Å²) in [6.45, 7) is 3.58. The number of carbonyl (C=O) groups is 1. The molecule has 0 bridgehead atoms. The molecule has 0 unspecified atom stereocenters. The molecule has 1 aliphatic heterocycles.